The summed E-state index contributed by atoms with van der Waals surface area (Å²) in [5, 5.41) is 0. The molecule has 0 aliphatic rings. The Morgan fingerprint density at radius 3 is 2.44 bits per heavy atom. The number of ether oxygens (including phenoxy) is 2. The Hall–Kier alpha value is -1.84. The lowest BCUT2D eigenvalue weighted by Crippen LogP contribution is -2.04. The maximum atomic E-state index is 11.9. The van der Waals surface area contributed by atoms with Crippen molar-refractivity contribution in [2.75, 3.05) is 14.2 Å². The summed E-state index contributed by atoms with van der Waals surface area (Å²) in [6.07, 6.45) is 1.13. The standard InChI is InChI=1S/C14H18O4/c1-10-9-11(7-8-13(10)17-2)12(15)5-4-6-14(16)18-3/h7-9H,4-6H2,1-3H3. The fourth-order valence-corrected chi connectivity index (χ4v) is 1.69. The highest BCUT2D eigenvalue weighted by molar-refractivity contribution is 5.96. The molecule has 0 saturated carbocycles. The largest absolute Gasteiger partial charge is 0.496 e. The van der Waals surface area contributed by atoms with Gasteiger partial charge in [0.1, 0.15) is 5.75 Å². The number of rotatable bonds is 6. The van der Waals surface area contributed by atoms with Crippen LogP contribution in [0.3, 0.4) is 0 Å². The van der Waals surface area contributed by atoms with Gasteiger partial charge < -0.3 is 9.47 Å². The van der Waals surface area contributed by atoms with E-state index in [2.05, 4.69) is 4.74 Å². The van der Waals surface area contributed by atoms with E-state index in [-0.39, 0.29) is 18.2 Å². The van der Waals surface area contributed by atoms with Gasteiger partial charge in [-0.15, -0.1) is 0 Å². The van der Waals surface area contributed by atoms with Crippen molar-refractivity contribution in [3.63, 3.8) is 0 Å². The van der Waals surface area contributed by atoms with Crippen LogP contribution >= 0.6 is 0 Å². The molecule has 1 rings (SSSR count). The molecule has 0 radical (unpaired) electrons. The normalized spacial score (nSPS) is 9.94. The summed E-state index contributed by atoms with van der Waals surface area (Å²) in [6, 6.07) is 5.33. The number of carbonyl (C=O) groups is 2. The maximum absolute atomic E-state index is 11.9. The lowest BCUT2D eigenvalue weighted by atomic mass is 10.0. The maximum Gasteiger partial charge on any atom is 0.305 e. The molecule has 4 heteroatoms. The molecule has 0 aromatic heterocycles. The Balaban J connectivity index is 2.56. The fourth-order valence-electron chi connectivity index (χ4n) is 1.69. The molecule has 0 amide bonds. The Morgan fingerprint density at radius 2 is 1.89 bits per heavy atom. The first-order valence-corrected chi connectivity index (χ1v) is 5.83. The molecule has 0 spiro atoms. The predicted molar refractivity (Wildman–Crippen MR) is 67.9 cm³/mol. The van der Waals surface area contributed by atoms with Crippen LogP contribution in [0.2, 0.25) is 0 Å². The summed E-state index contributed by atoms with van der Waals surface area (Å²) >= 11 is 0. The first-order valence-electron chi connectivity index (χ1n) is 5.83. The van der Waals surface area contributed by atoms with Crippen molar-refractivity contribution < 1.29 is 19.1 Å². The van der Waals surface area contributed by atoms with Crippen molar-refractivity contribution in [3.05, 3.63) is 29.3 Å². The molecule has 0 saturated heterocycles. The van der Waals surface area contributed by atoms with Crippen molar-refractivity contribution in [1.29, 1.82) is 0 Å². The van der Waals surface area contributed by atoms with E-state index in [1.54, 1.807) is 25.3 Å². The third-order valence-electron chi connectivity index (χ3n) is 2.73. The number of carbonyl (C=O) groups excluding carboxylic acids is 2. The van der Waals surface area contributed by atoms with E-state index < -0.39 is 0 Å². The Labute approximate surface area is 107 Å². The van der Waals surface area contributed by atoms with Crippen LogP contribution in [0.5, 0.6) is 5.75 Å². The van der Waals surface area contributed by atoms with Crippen LogP contribution in [0.4, 0.5) is 0 Å². The minimum absolute atomic E-state index is 0.0321. The van der Waals surface area contributed by atoms with Crippen LogP contribution in [-0.2, 0) is 9.53 Å². The van der Waals surface area contributed by atoms with Gasteiger partial charge in [-0.2, -0.15) is 0 Å². The summed E-state index contributed by atoms with van der Waals surface area (Å²) in [5.41, 5.74) is 1.58. The highest BCUT2D eigenvalue weighted by Gasteiger charge is 2.09. The van der Waals surface area contributed by atoms with Crippen molar-refractivity contribution >= 4 is 11.8 Å². The van der Waals surface area contributed by atoms with Crippen LogP contribution < -0.4 is 4.74 Å². The summed E-state index contributed by atoms with van der Waals surface area (Å²) in [6.45, 7) is 1.89. The molecule has 0 unspecified atom stereocenters. The molecule has 0 fully saturated rings. The molecular weight excluding hydrogens is 232 g/mol. The van der Waals surface area contributed by atoms with Gasteiger partial charge in [0.15, 0.2) is 5.78 Å². The lowest BCUT2D eigenvalue weighted by molar-refractivity contribution is -0.140. The van der Waals surface area contributed by atoms with Gasteiger partial charge in [0, 0.05) is 18.4 Å². The minimum Gasteiger partial charge on any atom is -0.496 e. The van der Waals surface area contributed by atoms with Crippen molar-refractivity contribution in [2.24, 2.45) is 0 Å². The molecule has 0 atom stereocenters. The van der Waals surface area contributed by atoms with Crippen molar-refractivity contribution in [3.8, 4) is 5.75 Å². The monoisotopic (exact) mass is 250 g/mol. The third-order valence-corrected chi connectivity index (χ3v) is 2.73. The van der Waals surface area contributed by atoms with Crippen LogP contribution in [-0.4, -0.2) is 26.0 Å². The fraction of sp³-hybridized carbons (Fsp3) is 0.429. The highest BCUT2D eigenvalue weighted by atomic mass is 16.5. The smallest absolute Gasteiger partial charge is 0.305 e. The number of benzene rings is 1. The van der Waals surface area contributed by atoms with Gasteiger partial charge in [-0.25, -0.2) is 0 Å². The number of hydrogen-bond donors (Lipinski definition) is 0. The summed E-state index contributed by atoms with van der Waals surface area (Å²) in [7, 11) is 2.94. The number of aryl methyl sites for hydroxylation is 1. The Bertz CT molecular complexity index is 437. The third kappa shape index (κ3) is 3.87. The van der Waals surface area contributed by atoms with Gasteiger partial charge in [-0.05, 0) is 37.1 Å². The first-order chi connectivity index (χ1) is 8.58. The Kier molecular flexibility index (Phi) is 5.36. The first kappa shape index (κ1) is 14.2. The van der Waals surface area contributed by atoms with E-state index in [1.165, 1.54) is 7.11 Å². The molecule has 1 aromatic carbocycles. The van der Waals surface area contributed by atoms with Crippen LogP contribution in [0.1, 0.15) is 35.2 Å². The molecule has 18 heavy (non-hydrogen) atoms. The van der Waals surface area contributed by atoms with Crippen molar-refractivity contribution in [1.82, 2.24) is 0 Å². The quantitative estimate of drug-likeness (QED) is 0.575. The van der Waals surface area contributed by atoms with Crippen LogP contribution in [0.15, 0.2) is 18.2 Å². The zero-order valence-electron chi connectivity index (χ0n) is 11.0. The highest BCUT2D eigenvalue weighted by Crippen LogP contribution is 2.19. The topological polar surface area (TPSA) is 52.6 Å². The van der Waals surface area contributed by atoms with Crippen LogP contribution in [0.25, 0.3) is 0 Å². The van der Waals surface area contributed by atoms with E-state index in [0.29, 0.717) is 18.4 Å². The van der Waals surface area contributed by atoms with E-state index >= 15 is 0 Å². The average Bonchev–Trinajstić information content (AvgIpc) is 2.38. The Morgan fingerprint density at radius 1 is 1.17 bits per heavy atom. The predicted octanol–water partition coefficient (Wildman–Crippen LogP) is 2.53. The molecule has 0 bridgehead atoms. The zero-order chi connectivity index (χ0) is 13.5. The minimum atomic E-state index is -0.284. The molecule has 0 aliphatic carbocycles. The second-order valence-corrected chi connectivity index (χ2v) is 4.04. The van der Waals surface area contributed by atoms with E-state index in [4.69, 9.17) is 4.74 Å². The van der Waals surface area contributed by atoms with Gasteiger partial charge in [0.25, 0.3) is 0 Å². The molecule has 1 aromatic rings. The SMILES string of the molecule is COC(=O)CCCC(=O)c1ccc(OC)c(C)c1. The lowest BCUT2D eigenvalue weighted by Gasteiger charge is -2.06. The molecule has 0 aliphatic heterocycles. The van der Waals surface area contributed by atoms with E-state index in [9.17, 15) is 9.59 Å². The second kappa shape index (κ2) is 6.79. The number of ketones is 1. The molecular formula is C14H18O4. The number of esters is 1. The van der Waals surface area contributed by atoms with Gasteiger partial charge >= 0.3 is 5.97 Å². The molecule has 4 nitrogen and oxygen atoms in total. The van der Waals surface area contributed by atoms with Gasteiger partial charge in [-0.3, -0.25) is 9.59 Å². The number of methoxy groups -OCH3 is 2. The van der Waals surface area contributed by atoms with Gasteiger partial charge in [0.2, 0.25) is 0 Å². The van der Waals surface area contributed by atoms with Gasteiger partial charge in [0.05, 0.1) is 14.2 Å². The van der Waals surface area contributed by atoms with Crippen molar-refractivity contribution in [2.45, 2.75) is 26.2 Å². The summed E-state index contributed by atoms with van der Waals surface area (Å²) < 4.78 is 9.65. The summed E-state index contributed by atoms with van der Waals surface area (Å²) in [4.78, 5) is 22.8. The van der Waals surface area contributed by atoms with Gasteiger partial charge in [-0.1, -0.05) is 0 Å². The van der Waals surface area contributed by atoms with E-state index in [0.717, 1.165) is 11.3 Å². The molecule has 0 N–H and O–H groups in total. The average molecular weight is 250 g/mol. The number of Topliss-reactive ketones (excluding diaryl/α,β-unsaturated/α-hetero) is 1. The molecule has 98 valence electrons. The zero-order valence-corrected chi connectivity index (χ0v) is 11.0. The van der Waals surface area contributed by atoms with Crippen LogP contribution in [0, 0.1) is 6.92 Å². The van der Waals surface area contributed by atoms with E-state index in [1.807, 2.05) is 6.92 Å². The second-order valence-electron chi connectivity index (χ2n) is 4.04. The number of hydrogen-bond acceptors (Lipinski definition) is 4. The molecule has 0 heterocycles. The summed E-state index contributed by atoms with van der Waals surface area (Å²) in [5.74, 6) is 0.513.